The van der Waals surface area contributed by atoms with Crippen LogP contribution in [-0.4, -0.2) is 28.6 Å². The van der Waals surface area contributed by atoms with E-state index in [2.05, 4.69) is 5.32 Å². The number of alkyl halides is 1. The summed E-state index contributed by atoms with van der Waals surface area (Å²) in [6.07, 6.45) is 8.06. The van der Waals surface area contributed by atoms with E-state index in [9.17, 15) is 9.59 Å². The van der Waals surface area contributed by atoms with Crippen molar-refractivity contribution in [2.75, 3.05) is 5.88 Å². The Morgan fingerprint density at radius 3 is 2.38 bits per heavy atom. The molecule has 1 aromatic carbocycles. The number of halogens is 2. The van der Waals surface area contributed by atoms with Crippen LogP contribution in [0.3, 0.4) is 0 Å². The van der Waals surface area contributed by atoms with Gasteiger partial charge in [-0.1, -0.05) is 49.4 Å². The van der Waals surface area contributed by atoms with Crippen LogP contribution in [0.5, 0.6) is 0 Å². The minimum Gasteiger partial charge on any atom is -0.467 e. The lowest BCUT2D eigenvalue weighted by atomic mass is 10.0. The Hall–Kier alpha value is -1.98. The molecule has 156 valence electrons. The van der Waals surface area contributed by atoms with Gasteiger partial charge in [0, 0.05) is 11.1 Å². The monoisotopic (exact) mass is 436 g/mol. The molecule has 0 saturated heterocycles. The molecule has 0 radical (unpaired) electrons. The molecule has 1 unspecified atom stereocenters. The summed E-state index contributed by atoms with van der Waals surface area (Å²) < 4.78 is 5.42. The summed E-state index contributed by atoms with van der Waals surface area (Å²) in [7, 11) is 0. The average Bonchev–Trinajstić information content (AvgIpc) is 3.11. The first kappa shape index (κ1) is 21.7. The van der Waals surface area contributed by atoms with E-state index in [0.717, 1.165) is 25.7 Å². The second-order valence-corrected chi connectivity index (χ2v) is 8.09. The van der Waals surface area contributed by atoms with Gasteiger partial charge in [-0.15, -0.1) is 11.6 Å². The third-order valence-electron chi connectivity index (χ3n) is 5.29. The summed E-state index contributed by atoms with van der Waals surface area (Å²) in [6, 6.07) is 9.83. The number of rotatable bonds is 7. The molecule has 1 atom stereocenters. The predicted octanol–water partition coefficient (Wildman–Crippen LogP) is 5.08. The molecule has 1 aliphatic rings. The zero-order valence-corrected chi connectivity index (χ0v) is 17.8. The van der Waals surface area contributed by atoms with Crippen molar-refractivity contribution in [2.24, 2.45) is 0 Å². The maximum atomic E-state index is 13.4. The standard InChI is InChI=1S/C22H26Cl2N2O3/c23-14-20(27)26(15-19-8-5-13-29-19)21(16-9-11-17(24)12-10-16)22(28)25-18-6-3-1-2-4-7-18/h5,8-13,18,21H,1-4,6-7,14-15H2,(H,25,28). The molecule has 2 aromatic rings. The van der Waals surface area contributed by atoms with Gasteiger partial charge in [0.1, 0.15) is 17.7 Å². The Balaban J connectivity index is 1.90. The molecule has 3 rings (SSSR count). The van der Waals surface area contributed by atoms with Gasteiger partial charge in [-0.25, -0.2) is 0 Å². The Labute approximate surface area is 181 Å². The van der Waals surface area contributed by atoms with Gasteiger partial charge < -0.3 is 14.6 Å². The van der Waals surface area contributed by atoms with E-state index in [1.54, 1.807) is 42.7 Å². The molecule has 7 heteroatoms. The van der Waals surface area contributed by atoms with Crippen molar-refractivity contribution in [3.8, 4) is 0 Å². The van der Waals surface area contributed by atoms with Crippen LogP contribution < -0.4 is 5.32 Å². The van der Waals surface area contributed by atoms with E-state index < -0.39 is 6.04 Å². The van der Waals surface area contributed by atoms with Crippen LogP contribution in [0.25, 0.3) is 0 Å². The van der Waals surface area contributed by atoms with Crippen LogP contribution in [0.4, 0.5) is 0 Å². The molecule has 2 amide bonds. The van der Waals surface area contributed by atoms with E-state index in [-0.39, 0.29) is 30.3 Å². The number of amides is 2. The van der Waals surface area contributed by atoms with Gasteiger partial charge in [0.05, 0.1) is 12.8 Å². The second kappa shape index (κ2) is 10.7. The first-order valence-electron chi connectivity index (χ1n) is 10.0. The quantitative estimate of drug-likeness (QED) is 0.485. The lowest BCUT2D eigenvalue weighted by Crippen LogP contribution is -2.46. The fourth-order valence-electron chi connectivity index (χ4n) is 3.79. The summed E-state index contributed by atoms with van der Waals surface area (Å²) in [4.78, 5) is 27.6. The maximum absolute atomic E-state index is 13.4. The van der Waals surface area contributed by atoms with Crippen molar-refractivity contribution in [3.05, 3.63) is 59.0 Å². The highest BCUT2D eigenvalue weighted by Crippen LogP contribution is 2.27. The number of furan rings is 1. The minimum absolute atomic E-state index is 0.122. The number of hydrogen-bond donors (Lipinski definition) is 1. The summed E-state index contributed by atoms with van der Waals surface area (Å²) in [5.74, 6) is -0.172. The maximum Gasteiger partial charge on any atom is 0.247 e. The van der Waals surface area contributed by atoms with E-state index in [1.807, 2.05) is 0 Å². The van der Waals surface area contributed by atoms with Gasteiger partial charge in [0.2, 0.25) is 11.8 Å². The van der Waals surface area contributed by atoms with Crippen LogP contribution in [0.2, 0.25) is 5.02 Å². The van der Waals surface area contributed by atoms with Crippen molar-refractivity contribution < 1.29 is 14.0 Å². The molecule has 5 nitrogen and oxygen atoms in total. The van der Waals surface area contributed by atoms with Crippen molar-refractivity contribution in [2.45, 2.75) is 57.2 Å². The molecule has 1 aromatic heterocycles. The third kappa shape index (κ3) is 6.00. The zero-order valence-electron chi connectivity index (χ0n) is 16.3. The van der Waals surface area contributed by atoms with Crippen molar-refractivity contribution >= 4 is 35.0 Å². The summed E-state index contributed by atoms with van der Waals surface area (Å²) in [5.41, 5.74) is 0.686. The van der Waals surface area contributed by atoms with E-state index >= 15 is 0 Å². The number of nitrogens with zero attached hydrogens (tertiary/aromatic N) is 1. The average molecular weight is 437 g/mol. The van der Waals surface area contributed by atoms with E-state index in [0.29, 0.717) is 16.3 Å². The SMILES string of the molecule is O=C(NC1CCCCCC1)C(c1ccc(Cl)cc1)N(Cc1ccco1)C(=O)CCl. The van der Waals surface area contributed by atoms with Gasteiger partial charge in [0.25, 0.3) is 0 Å². The first-order valence-corrected chi connectivity index (χ1v) is 10.9. The largest absolute Gasteiger partial charge is 0.467 e. The Morgan fingerprint density at radius 2 is 1.79 bits per heavy atom. The topological polar surface area (TPSA) is 62.6 Å². The Kier molecular flexibility index (Phi) is 8.01. The minimum atomic E-state index is -0.813. The molecule has 0 aliphatic heterocycles. The number of benzene rings is 1. The third-order valence-corrected chi connectivity index (χ3v) is 5.77. The second-order valence-electron chi connectivity index (χ2n) is 7.39. The van der Waals surface area contributed by atoms with Crippen molar-refractivity contribution in [3.63, 3.8) is 0 Å². The molecule has 1 saturated carbocycles. The Bertz CT molecular complexity index is 785. The van der Waals surface area contributed by atoms with Crippen LogP contribution in [0.15, 0.2) is 47.1 Å². The van der Waals surface area contributed by atoms with Crippen LogP contribution in [0, 0.1) is 0 Å². The molecule has 1 heterocycles. The summed E-state index contributed by atoms with van der Waals surface area (Å²) in [5, 5.41) is 3.74. The highest BCUT2D eigenvalue weighted by molar-refractivity contribution is 6.30. The van der Waals surface area contributed by atoms with Gasteiger partial charge >= 0.3 is 0 Å². The molecule has 1 N–H and O–H groups in total. The molecule has 29 heavy (non-hydrogen) atoms. The zero-order chi connectivity index (χ0) is 20.6. The molecular formula is C22H26Cl2N2O3. The van der Waals surface area contributed by atoms with Crippen LogP contribution >= 0.6 is 23.2 Å². The highest BCUT2D eigenvalue weighted by Gasteiger charge is 2.33. The van der Waals surface area contributed by atoms with Gasteiger partial charge in [-0.3, -0.25) is 9.59 Å². The predicted molar refractivity (Wildman–Crippen MR) is 114 cm³/mol. The van der Waals surface area contributed by atoms with Gasteiger partial charge in [0.15, 0.2) is 0 Å². The summed E-state index contributed by atoms with van der Waals surface area (Å²) >= 11 is 11.9. The Morgan fingerprint density at radius 1 is 1.10 bits per heavy atom. The molecule has 0 bridgehead atoms. The van der Waals surface area contributed by atoms with Gasteiger partial charge in [-0.05, 0) is 42.7 Å². The van der Waals surface area contributed by atoms with Crippen LogP contribution in [0.1, 0.15) is 55.9 Å². The molecule has 1 aliphatic carbocycles. The molecule has 1 fully saturated rings. The normalized spacial score (nSPS) is 16.1. The number of carbonyl (C=O) groups excluding carboxylic acids is 2. The van der Waals surface area contributed by atoms with Crippen LogP contribution in [-0.2, 0) is 16.1 Å². The number of carbonyl (C=O) groups is 2. The molecule has 0 spiro atoms. The number of hydrogen-bond acceptors (Lipinski definition) is 3. The lowest BCUT2D eigenvalue weighted by molar-refractivity contribution is -0.140. The number of nitrogens with one attached hydrogen (secondary N) is 1. The smallest absolute Gasteiger partial charge is 0.247 e. The fraction of sp³-hybridized carbons (Fsp3) is 0.455. The lowest BCUT2D eigenvalue weighted by Gasteiger charge is -2.31. The van der Waals surface area contributed by atoms with Gasteiger partial charge in [-0.2, -0.15) is 0 Å². The molecular weight excluding hydrogens is 411 g/mol. The van der Waals surface area contributed by atoms with Crippen molar-refractivity contribution in [1.29, 1.82) is 0 Å². The highest BCUT2D eigenvalue weighted by atomic mass is 35.5. The van der Waals surface area contributed by atoms with E-state index in [4.69, 9.17) is 27.6 Å². The summed E-state index contributed by atoms with van der Waals surface area (Å²) in [6.45, 7) is 0.157. The van der Waals surface area contributed by atoms with Crippen molar-refractivity contribution in [1.82, 2.24) is 10.2 Å². The van der Waals surface area contributed by atoms with E-state index in [1.165, 1.54) is 17.7 Å². The first-order chi connectivity index (χ1) is 14.1. The fourth-order valence-corrected chi connectivity index (χ4v) is 4.07.